The minimum Gasteiger partial charge on any atom is -0.493 e. The number of aromatic nitrogens is 3. The smallest absolute Gasteiger partial charge is 0.312 e. The Kier molecular flexibility index (Phi) is 15.0. The van der Waals surface area contributed by atoms with E-state index < -0.39 is 42.9 Å². The molecule has 4 N–H and O–H groups in total. The molecule has 4 fully saturated rings. The number of piperazine rings is 1. The van der Waals surface area contributed by atoms with Crippen LogP contribution >= 0.6 is 0 Å². The Bertz CT molecular complexity index is 3420. The van der Waals surface area contributed by atoms with Crippen molar-refractivity contribution in [3.05, 3.63) is 117 Å². The average molecular weight is 1120 g/mol. The first-order valence-corrected chi connectivity index (χ1v) is 28.9. The predicted octanol–water partition coefficient (Wildman–Crippen LogP) is 9.45. The van der Waals surface area contributed by atoms with Crippen molar-refractivity contribution in [1.29, 1.82) is 0 Å². The quantitative estimate of drug-likeness (QED) is 0.0491. The van der Waals surface area contributed by atoms with Crippen molar-refractivity contribution in [2.24, 2.45) is 11.3 Å². The number of pyridine rings is 2. The van der Waals surface area contributed by atoms with E-state index >= 15 is 0 Å². The SMILES string of the molecule is COc1ccc(CN2CCN(C3CC4(CCN(c5ccc(C(=O)NS(=O)(=O)c6cnc(NCC7CCC(C)(O)CC7)c([N+](=O)[O-])c6)c(Oc6cc7c(F)c[nH]c7nc6OC)c5)CC4)C3)[C@H](c3ccccc3C(C)C)C2)c2c1OCO2. The number of nitro groups is 1. The molecule has 6 heterocycles. The highest BCUT2D eigenvalue weighted by Crippen LogP contribution is 2.54. The lowest BCUT2D eigenvalue weighted by molar-refractivity contribution is -0.384. The molecule has 1 spiro atoms. The molecule has 2 saturated carbocycles. The van der Waals surface area contributed by atoms with Crippen LogP contribution in [0.15, 0.2) is 84.0 Å². The van der Waals surface area contributed by atoms with Gasteiger partial charge in [-0.05, 0) is 105 Å². The van der Waals surface area contributed by atoms with Gasteiger partial charge in [0, 0.05) is 93.5 Å². The summed E-state index contributed by atoms with van der Waals surface area (Å²) in [5.74, 6) is 0.636. The van der Waals surface area contributed by atoms with Crippen molar-refractivity contribution in [3.63, 3.8) is 0 Å². The Morgan fingerprint density at radius 1 is 0.963 bits per heavy atom. The van der Waals surface area contributed by atoms with Gasteiger partial charge in [-0.1, -0.05) is 44.2 Å². The van der Waals surface area contributed by atoms with E-state index in [0.717, 1.165) is 81.6 Å². The summed E-state index contributed by atoms with van der Waals surface area (Å²) in [4.78, 5) is 43.9. The number of rotatable bonds is 17. The molecule has 3 aromatic heterocycles. The molecule has 80 heavy (non-hydrogen) atoms. The number of nitrogens with zero attached hydrogens (tertiary/aromatic N) is 6. The first-order valence-electron chi connectivity index (χ1n) is 27.4. The summed E-state index contributed by atoms with van der Waals surface area (Å²) in [5.41, 5.74) is 3.33. The lowest BCUT2D eigenvalue weighted by atomic mass is 9.59. The van der Waals surface area contributed by atoms with E-state index in [4.69, 9.17) is 23.7 Å². The number of carbonyl (C=O) groups is 1. The molecule has 6 aromatic rings. The molecule has 3 aromatic carbocycles. The molecule has 0 radical (unpaired) electrons. The van der Waals surface area contributed by atoms with Gasteiger partial charge in [-0.25, -0.2) is 22.5 Å². The third-order valence-corrected chi connectivity index (χ3v) is 18.4. The van der Waals surface area contributed by atoms with Gasteiger partial charge in [0.05, 0.1) is 41.9 Å². The molecular formula is C58H68FN9O11S. The summed E-state index contributed by atoms with van der Waals surface area (Å²) in [6, 6.07) is 20.6. The number of anilines is 2. The number of sulfonamides is 1. The van der Waals surface area contributed by atoms with Crippen LogP contribution in [0.2, 0.25) is 0 Å². The maximum absolute atomic E-state index is 15.0. The van der Waals surface area contributed by atoms with Crippen LogP contribution in [0.4, 0.5) is 21.6 Å². The summed E-state index contributed by atoms with van der Waals surface area (Å²) in [5, 5.41) is 25.7. The first-order chi connectivity index (χ1) is 38.4. The van der Waals surface area contributed by atoms with Crippen LogP contribution in [0, 0.1) is 27.3 Å². The molecule has 1 amide bonds. The highest BCUT2D eigenvalue weighted by Gasteiger charge is 2.50. The Morgan fingerprint density at radius 3 is 2.46 bits per heavy atom. The van der Waals surface area contributed by atoms with Crippen LogP contribution in [0.1, 0.15) is 111 Å². The fraction of sp³-hybridized carbons (Fsp3) is 0.466. The number of fused-ring (bicyclic) bond motifs is 2. The van der Waals surface area contributed by atoms with Crippen molar-refractivity contribution in [2.45, 2.75) is 107 Å². The number of H-pyrrole nitrogens is 1. The number of benzene rings is 3. The molecule has 3 aliphatic heterocycles. The fourth-order valence-corrected chi connectivity index (χ4v) is 13.5. The van der Waals surface area contributed by atoms with Crippen molar-refractivity contribution >= 4 is 44.2 Å². The number of aromatic amines is 1. The zero-order valence-electron chi connectivity index (χ0n) is 45.6. The molecule has 22 heteroatoms. The Balaban J connectivity index is 0.803. The van der Waals surface area contributed by atoms with Gasteiger partial charge in [-0.2, -0.15) is 4.98 Å². The number of nitrogens with one attached hydrogen (secondary N) is 3. The lowest BCUT2D eigenvalue weighted by Crippen LogP contribution is -2.60. The van der Waals surface area contributed by atoms with Crippen LogP contribution in [0.5, 0.6) is 34.6 Å². The third-order valence-electron chi connectivity index (χ3n) is 17.1. The first kappa shape index (κ1) is 54.7. The number of piperidine rings is 1. The number of ether oxygens (including phenoxy) is 5. The standard InChI is InChI=1S/C58H68FN9O11S/c1-35(2)41-8-6-7-9-42(41)47-33-65(32-37-10-13-48(75-4)52-51(37)77-34-78-52)22-23-67(47)39-27-58(28-39)18-20-66(21-19-58)38-11-12-43(49(24-38)79-50-26-44-45(59)31-62-53(44)63-56(50)76-5)55(69)64-80(73,74)40-25-46(68(71)72)54(61-30-40)60-29-36-14-16-57(3,70)17-15-36/h6-13,24-26,30-31,35-36,39,47,70H,14-23,27-29,32-34H2,1-5H3,(H,60,61)(H,62,63)(H,64,69)/t36?,47-,57?/m0/s1. The van der Waals surface area contributed by atoms with Crippen molar-refractivity contribution in [1.82, 2.24) is 29.5 Å². The van der Waals surface area contributed by atoms with Gasteiger partial charge >= 0.3 is 5.69 Å². The normalized spacial score (nSPS) is 21.4. The Hall–Kier alpha value is -7.27. The van der Waals surface area contributed by atoms with Crippen LogP contribution in [0.3, 0.4) is 0 Å². The van der Waals surface area contributed by atoms with Crippen LogP contribution in [-0.4, -0.2) is 121 Å². The summed E-state index contributed by atoms with van der Waals surface area (Å²) in [7, 11) is -1.75. The van der Waals surface area contributed by atoms with E-state index in [0.29, 0.717) is 74.5 Å². The average Bonchev–Trinajstić information content (AvgIpc) is 4.21. The Labute approximate surface area is 464 Å². The van der Waals surface area contributed by atoms with Gasteiger partial charge in [0.25, 0.3) is 21.8 Å². The fourth-order valence-electron chi connectivity index (χ4n) is 12.6. The molecule has 2 saturated heterocycles. The second-order valence-electron chi connectivity index (χ2n) is 22.7. The number of aliphatic hydroxyl groups is 1. The number of hydrogen-bond donors (Lipinski definition) is 4. The topological polar surface area (TPSA) is 236 Å². The van der Waals surface area contributed by atoms with E-state index in [1.54, 1.807) is 26.2 Å². The molecular weight excluding hydrogens is 1050 g/mol. The number of carbonyl (C=O) groups excluding carboxylic acids is 1. The van der Waals surface area contributed by atoms with E-state index in [1.165, 1.54) is 30.4 Å². The van der Waals surface area contributed by atoms with Gasteiger partial charge < -0.3 is 44.0 Å². The lowest BCUT2D eigenvalue weighted by Gasteiger charge is -2.58. The Morgan fingerprint density at radius 2 is 1.73 bits per heavy atom. The highest BCUT2D eigenvalue weighted by molar-refractivity contribution is 7.90. The maximum Gasteiger partial charge on any atom is 0.312 e. The van der Waals surface area contributed by atoms with Crippen LogP contribution in [0.25, 0.3) is 11.0 Å². The van der Waals surface area contributed by atoms with Crippen molar-refractivity contribution in [2.75, 3.05) is 70.5 Å². The van der Waals surface area contributed by atoms with Crippen LogP contribution in [-0.2, 0) is 16.6 Å². The van der Waals surface area contributed by atoms with Gasteiger partial charge in [0.2, 0.25) is 18.4 Å². The highest BCUT2D eigenvalue weighted by atomic mass is 32.2. The molecule has 5 aliphatic rings. The van der Waals surface area contributed by atoms with Crippen molar-refractivity contribution < 1.29 is 51.3 Å². The largest absolute Gasteiger partial charge is 0.493 e. The maximum atomic E-state index is 15.0. The molecule has 1 atom stereocenters. The van der Waals surface area contributed by atoms with E-state index in [1.807, 2.05) is 6.07 Å². The molecule has 20 nitrogen and oxygen atoms in total. The summed E-state index contributed by atoms with van der Waals surface area (Å²) in [6.07, 6.45) is 8.67. The van der Waals surface area contributed by atoms with Crippen molar-refractivity contribution in [3.8, 4) is 34.6 Å². The van der Waals surface area contributed by atoms with Gasteiger partial charge in [0.1, 0.15) is 22.1 Å². The number of methoxy groups -OCH3 is 2. The molecule has 11 rings (SSSR count). The molecule has 424 valence electrons. The van der Waals surface area contributed by atoms with Gasteiger partial charge in [-0.15, -0.1) is 0 Å². The second-order valence-corrected chi connectivity index (χ2v) is 24.4. The number of amides is 1. The monoisotopic (exact) mass is 1120 g/mol. The second kappa shape index (κ2) is 22.0. The van der Waals surface area contributed by atoms with E-state index in [9.17, 15) is 32.8 Å². The van der Waals surface area contributed by atoms with E-state index in [-0.39, 0.29) is 64.0 Å². The predicted molar refractivity (Wildman–Crippen MR) is 297 cm³/mol. The number of hydrogen-bond acceptors (Lipinski definition) is 17. The molecule has 0 bridgehead atoms. The van der Waals surface area contributed by atoms with E-state index in [2.05, 4.69) is 83.9 Å². The van der Waals surface area contributed by atoms with Gasteiger partial charge in [0.15, 0.2) is 17.2 Å². The minimum atomic E-state index is -4.75. The third kappa shape index (κ3) is 11.0. The molecule has 0 unspecified atom stereocenters. The minimum absolute atomic E-state index is 0.0212. The summed E-state index contributed by atoms with van der Waals surface area (Å²) in [6.45, 7) is 11.6. The summed E-state index contributed by atoms with van der Waals surface area (Å²) >= 11 is 0. The number of halogens is 1. The zero-order chi connectivity index (χ0) is 56.1. The van der Waals surface area contributed by atoms with Crippen LogP contribution < -0.4 is 38.6 Å². The van der Waals surface area contributed by atoms with Gasteiger partial charge in [-0.3, -0.25) is 24.7 Å². The summed E-state index contributed by atoms with van der Waals surface area (Å²) < 4.78 is 74.1. The zero-order valence-corrected chi connectivity index (χ0v) is 46.4. The molecule has 2 aliphatic carbocycles.